The van der Waals surface area contributed by atoms with Crippen LogP contribution >= 0.6 is 7.60 Å². The highest BCUT2D eigenvalue weighted by atomic mass is 31.2. The normalized spacial score (nSPS) is 14.6. The third-order valence-corrected chi connectivity index (χ3v) is 5.53. The molecule has 0 aliphatic carbocycles. The lowest BCUT2D eigenvalue weighted by Crippen LogP contribution is -2.10. The molecular weight excluding hydrogens is 323 g/mol. The molecule has 0 saturated heterocycles. The van der Waals surface area contributed by atoms with Crippen molar-refractivity contribution in [1.82, 2.24) is 0 Å². The van der Waals surface area contributed by atoms with E-state index >= 15 is 0 Å². The summed E-state index contributed by atoms with van der Waals surface area (Å²) in [5.74, 6) is -1.21. The van der Waals surface area contributed by atoms with Crippen LogP contribution in [-0.4, -0.2) is 24.2 Å². The summed E-state index contributed by atoms with van der Waals surface area (Å²) >= 11 is 0. The standard InChI is InChI=1S/C19H35O4P/c1-7-22-24(21,23-8-2)19(20)15-18(6)14-10-13-17(5)12-9-11-16(3)4/h11,13,15,19-20H,7-10,12,14H2,1-6H3/b17-13+,18-15+/t19-/m1/s1. The fourth-order valence-corrected chi connectivity index (χ4v) is 3.75. The van der Waals surface area contributed by atoms with Crippen molar-refractivity contribution in [2.75, 3.05) is 13.2 Å². The smallest absolute Gasteiger partial charge is 0.362 e. The summed E-state index contributed by atoms with van der Waals surface area (Å²) in [6.07, 6.45) is 9.94. The summed E-state index contributed by atoms with van der Waals surface area (Å²) < 4.78 is 22.8. The summed E-state index contributed by atoms with van der Waals surface area (Å²) in [4.78, 5) is 0. The monoisotopic (exact) mass is 358 g/mol. The average molecular weight is 358 g/mol. The predicted molar refractivity (Wildman–Crippen MR) is 102 cm³/mol. The van der Waals surface area contributed by atoms with Gasteiger partial charge in [-0.1, -0.05) is 28.9 Å². The molecule has 0 radical (unpaired) electrons. The van der Waals surface area contributed by atoms with Crippen LogP contribution in [0.2, 0.25) is 0 Å². The first-order valence-electron chi connectivity index (χ1n) is 8.78. The lowest BCUT2D eigenvalue weighted by molar-refractivity contribution is 0.168. The summed E-state index contributed by atoms with van der Waals surface area (Å²) in [5, 5.41) is 10.2. The Morgan fingerprint density at radius 1 is 0.958 bits per heavy atom. The number of allylic oxidation sites excluding steroid dienone is 5. The minimum absolute atomic E-state index is 0.245. The van der Waals surface area contributed by atoms with Crippen molar-refractivity contribution < 1.29 is 18.7 Å². The molecule has 0 heterocycles. The van der Waals surface area contributed by atoms with Gasteiger partial charge in [0.1, 0.15) is 0 Å². The Hall–Kier alpha value is -0.670. The molecule has 0 amide bonds. The quantitative estimate of drug-likeness (QED) is 0.344. The maximum atomic E-state index is 12.4. The Morgan fingerprint density at radius 2 is 1.46 bits per heavy atom. The highest BCUT2D eigenvalue weighted by molar-refractivity contribution is 7.54. The van der Waals surface area contributed by atoms with Gasteiger partial charge >= 0.3 is 7.60 Å². The van der Waals surface area contributed by atoms with Crippen molar-refractivity contribution in [2.45, 2.75) is 73.1 Å². The first-order valence-corrected chi connectivity index (χ1v) is 10.4. The molecule has 4 nitrogen and oxygen atoms in total. The number of aliphatic hydroxyl groups excluding tert-OH is 1. The second-order valence-electron chi connectivity index (χ2n) is 6.21. The van der Waals surface area contributed by atoms with E-state index in [1.807, 2.05) is 6.92 Å². The Balaban J connectivity index is 4.53. The van der Waals surface area contributed by atoms with Crippen LogP contribution < -0.4 is 0 Å². The highest BCUT2D eigenvalue weighted by Crippen LogP contribution is 2.52. The van der Waals surface area contributed by atoms with E-state index < -0.39 is 13.4 Å². The molecule has 0 fully saturated rings. The van der Waals surface area contributed by atoms with E-state index in [1.54, 1.807) is 19.9 Å². The van der Waals surface area contributed by atoms with E-state index in [0.29, 0.717) is 0 Å². The minimum Gasteiger partial charge on any atom is -0.377 e. The summed E-state index contributed by atoms with van der Waals surface area (Å²) in [6, 6.07) is 0. The van der Waals surface area contributed by atoms with Crippen LogP contribution in [-0.2, 0) is 13.6 Å². The fourth-order valence-electron chi connectivity index (χ4n) is 2.22. The topological polar surface area (TPSA) is 55.8 Å². The van der Waals surface area contributed by atoms with E-state index in [9.17, 15) is 9.67 Å². The van der Waals surface area contributed by atoms with Gasteiger partial charge in [-0.15, -0.1) is 0 Å². The molecule has 0 rings (SSSR count). The summed E-state index contributed by atoms with van der Waals surface area (Å²) in [5.41, 5.74) is 3.70. The minimum atomic E-state index is -3.48. The summed E-state index contributed by atoms with van der Waals surface area (Å²) in [7, 11) is -3.48. The van der Waals surface area contributed by atoms with Crippen molar-refractivity contribution in [2.24, 2.45) is 0 Å². The second kappa shape index (κ2) is 12.7. The molecule has 1 N–H and O–H groups in total. The number of rotatable bonds is 12. The molecule has 0 aromatic carbocycles. The Morgan fingerprint density at radius 3 is 1.96 bits per heavy atom. The molecule has 5 heteroatoms. The van der Waals surface area contributed by atoms with Gasteiger partial charge in [-0.05, 0) is 73.3 Å². The molecule has 0 aromatic rings. The lowest BCUT2D eigenvalue weighted by Gasteiger charge is -2.20. The van der Waals surface area contributed by atoms with Crippen molar-refractivity contribution in [3.05, 3.63) is 34.9 Å². The van der Waals surface area contributed by atoms with Crippen molar-refractivity contribution >= 4 is 7.60 Å². The van der Waals surface area contributed by atoms with Gasteiger partial charge in [0.2, 0.25) is 0 Å². The second-order valence-corrected chi connectivity index (χ2v) is 8.34. The van der Waals surface area contributed by atoms with Gasteiger partial charge in [0.25, 0.3) is 0 Å². The van der Waals surface area contributed by atoms with Gasteiger partial charge in [-0.3, -0.25) is 4.57 Å². The van der Waals surface area contributed by atoms with Gasteiger partial charge in [-0.2, -0.15) is 0 Å². The van der Waals surface area contributed by atoms with Crippen LogP contribution in [0.4, 0.5) is 0 Å². The largest absolute Gasteiger partial charge is 0.377 e. The zero-order valence-corrected chi connectivity index (χ0v) is 17.1. The lowest BCUT2D eigenvalue weighted by atomic mass is 10.1. The van der Waals surface area contributed by atoms with Gasteiger partial charge < -0.3 is 14.2 Å². The van der Waals surface area contributed by atoms with Crippen LogP contribution in [0.1, 0.15) is 67.2 Å². The fraction of sp³-hybridized carbons (Fsp3) is 0.684. The Labute approximate surface area is 148 Å². The van der Waals surface area contributed by atoms with Crippen molar-refractivity contribution in [3.8, 4) is 0 Å². The molecule has 0 aliphatic rings. The molecule has 0 bridgehead atoms. The molecule has 140 valence electrons. The van der Waals surface area contributed by atoms with E-state index in [1.165, 1.54) is 11.1 Å². The van der Waals surface area contributed by atoms with Crippen molar-refractivity contribution in [1.29, 1.82) is 0 Å². The van der Waals surface area contributed by atoms with E-state index in [2.05, 4.69) is 32.9 Å². The van der Waals surface area contributed by atoms with Crippen LogP contribution in [0.5, 0.6) is 0 Å². The van der Waals surface area contributed by atoms with Crippen LogP contribution in [0.3, 0.4) is 0 Å². The first kappa shape index (κ1) is 23.3. The molecule has 0 saturated carbocycles. The van der Waals surface area contributed by atoms with Crippen LogP contribution in [0.25, 0.3) is 0 Å². The van der Waals surface area contributed by atoms with Gasteiger partial charge in [0.05, 0.1) is 13.2 Å². The Kier molecular flexibility index (Phi) is 12.3. The third-order valence-electron chi connectivity index (χ3n) is 3.50. The number of aliphatic hydroxyl groups is 1. The van der Waals surface area contributed by atoms with E-state index in [0.717, 1.165) is 31.3 Å². The maximum absolute atomic E-state index is 12.4. The molecule has 1 atom stereocenters. The van der Waals surface area contributed by atoms with E-state index in [4.69, 9.17) is 9.05 Å². The van der Waals surface area contributed by atoms with Crippen LogP contribution in [0.15, 0.2) is 34.9 Å². The Bertz CT molecular complexity index is 478. The molecule has 0 aliphatic heterocycles. The molecule has 0 unspecified atom stereocenters. The maximum Gasteiger partial charge on any atom is 0.362 e. The zero-order chi connectivity index (χ0) is 18.6. The molecule has 24 heavy (non-hydrogen) atoms. The van der Waals surface area contributed by atoms with Gasteiger partial charge in [-0.25, -0.2) is 0 Å². The number of hydrogen-bond donors (Lipinski definition) is 1. The summed E-state index contributed by atoms with van der Waals surface area (Å²) in [6.45, 7) is 12.3. The number of hydrogen-bond acceptors (Lipinski definition) is 4. The highest BCUT2D eigenvalue weighted by Gasteiger charge is 2.32. The molecular formula is C19H35O4P. The van der Waals surface area contributed by atoms with E-state index in [-0.39, 0.29) is 13.2 Å². The van der Waals surface area contributed by atoms with Crippen LogP contribution in [0, 0.1) is 0 Å². The SMILES string of the molecule is CCOP(=O)(OCC)[C@@H](O)/C=C(\C)CC/C=C(\C)CCC=C(C)C. The van der Waals surface area contributed by atoms with Gasteiger partial charge in [0, 0.05) is 0 Å². The molecule has 0 aromatic heterocycles. The first-order chi connectivity index (χ1) is 11.2. The zero-order valence-electron chi connectivity index (χ0n) is 16.2. The van der Waals surface area contributed by atoms with Gasteiger partial charge in [0.15, 0.2) is 5.85 Å². The predicted octanol–water partition coefficient (Wildman–Crippen LogP) is 5.99. The third kappa shape index (κ3) is 10.2. The average Bonchev–Trinajstić information content (AvgIpc) is 2.47. The van der Waals surface area contributed by atoms with Crippen molar-refractivity contribution in [3.63, 3.8) is 0 Å². The molecule has 0 spiro atoms.